The van der Waals surface area contributed by atoms with Gasteiger partial charge in [-0.2, -0.15) is 9.61 Å². The molecule has 3 N–H and O–H groups in total. The molecule has 0 radical (unpaired) electrons. The number of carbonyl (C=O) groups excluding carboxylic acids is 1. The van der Waals surface area contributed by atoms with Gasteiger partial charge < -0.3 is 16.0 Å². The van der Waals surface area contributed by atoms with Gasteiger partial charge in [0.1, 0.15) is 22.9 Å². The summed E-state index contributed by atoms with van der Waals surface area (Å²) in [7, 11) is 1.75. The van der Waals surface area contributed by atoms with E-state index in [2.05, 4.69) is 31.0 Å². The fraction of sp³-hybridized carbons (Fsp3) is 0.250. The summed E-state index contributed by atoms with van der Waals surface area (Å²) in [5.41, 5.74) is 0.887. The highest BCUT2D eigenvalue weighted by Gasteiger charge is 2.26. The number of thiazole rings is 1. The van der Waals surface area contributed by atoms with Gasteiger partial charge >= 0.3 is 0 Å². The summed E-state index contributed by atoms with van der Waals surface area (Å²) in [6.45, 7) is 1.94. The monoisotopic (exact) mass is 436 g/mol. The van der Waals surface area contributed by atoms with Crippen molar-refractivity contribution in [2.24, 2.45) is 0 Å². The Hall–Kier alpha value is -3.73. The maximum atomic E-state index is 13.0. The molecule has 5 rings (SSSR count). The number of pyridine rings is 1. The molecule has 4 aromatic heterocycles. The fourth-order valence-electron chi connectivity index (χ4n) is 3.19. The van der Waals surface area contributed by atoms with Gasteiger partial charge in [-0.1, -0.05) is 0 Å². The van der Waals surface area contributed by atoms with Crippen LogP contribution < -0.4 is 21.5 Å². The molecule has 1 saturated carbocycles. The van der Waals surface area contributed by atoms with E-state index in [1.54, 1.807) is 42.2 Å². The first kappa shape index (κ1) is 19.2. The van der Waals surface area contributed by atoms with E-state index in [1.807, 2.05) is 6.92 Å². The summed E-state index contributed by atoms with van der Waals surface area (Å²) in [4.78, 5) is 35.5. The quantitative estimate of drug-likeness (QED) is 0.424. The first-order valence-corrected chi connectivity index (χ1v) is 10.6. The molecule has 10 nitrogen and oxygen atoms in total. The van der Waals surface area contributed by atoms with Crippen LogP contribution in [-0.4, -0.2) is 43.1 Å². The van der Waals surface area contributed by atoms with E-state index in [1.165, 1.54) is 22.1 Å². The number of fused-ring (bicyclic) bond motifs is 1. The minimum absolute atomic E-state index is 0.203. The molecule has 0 atom stereocenters. The van der Waals surface area contributed by atoms with Gasteiger partial charge in [-0.05, 0) is 31.9 Å². The van der Waals surface area contributed by atoms with Gasteiger partial charge in [0.15, 0.2) is 10.8 Å². The van der Waals surface area contributed by atoms with Crippen LogP contribution in [0.25, 0.3) is 10.8 Å². The van der Waals surface area contributed by atoms with Gasteiger partial charge in [0, 0.05) is 36.4 Å². The molecular formula is C20H20N8O2S. The molecule has 0 bridgehead atoms. The maximum Gasteiger partial charge on any atom is 0.280 e. The normalized spacial score (nSPS) is 13.4. The molecule has 0 spiro atoms. The van der Waals surface area contributed by atoms with Gasteiger partial charge in [-0.25, -0.2) is 9.97 Å². The van der Waals surface area contributed by atoms with E-state index >= 15 is 0 Å². The molecule has 4 heterocycles. The molecule has 11 heteroatoms. The van der Waals surface area contributed by atoms with E-state index in [-0.39, 0.29) is 17.5 Å². The van der Waals surface area contributed by atoms with Crippen LogP contribution in [0.2, 0.25) is 0 Å². The van der Waals surface area contributed by atoms with Crippen molar-refractivity contribution in [3.05, 3.63) is 57.6 Å². The highest BCUT2D eigenvalue weighted by atomic mass is 32.1. The predicted octanol–water partition coefficient (Wildman–Crippen LogP) is 2.32. The highest BCUT2D eigenvalue weighted by Crippen LogP contribution is 2.23. The van der Waals surface area contributed by atoms with Crippen LogP contribution in [0.1, 0.15) is 28.1 Å². The minimum Gasteiger partial charge on any atom is -0.373 e. The van der Waals surface area contributed by atoms with Crippen LogP contribution >= 0.6 is 11.3 Å². The summed E-state index contributed by atoms with van der Waals surface area (Å²) < 4.78 is 3.06. The van der Waals surface area contributed by atoms with Crippen molar-refractivity contribution in [2.45, 2.75) is 25.8 Å². The Labute approximate surface area is 181 Å². The number of aromatic nitrogens is 5. The van der Waals surface area contributed by atoms with Gasteiger partial charge in [-0.15, -0.1) is 11.3 Å². The van der Waals surface area contributed by atoms with Gasteiger partial charge in [0.25, 0.3) is 11.5 Å². The molecule has 0 aliphatic heterocycles. The van der Waals surface area contributed by atoms with Crippen molar-refractivity contribution < 1.29 is 4.79 Å². The average Bonchev–Trinajstić information content (AvgIpc) is 3.29. The fourth-order valence-corrected chi connectivity index (χ4v) is 3.93. The zero-order valence-electron chi connectivity index (χ0n) is 16.9. The lowest BCUT2D eigenvalue weighted by Crippen LogP contribution is -2.25. The molecule has 0 saturated heterocycles. The first-order valence-electron chi connectivity index (χ1n) is 9.82. The zero-order valence-corrected chi connectivity index (χ0v) is 17.7. The second kappa shape index (κ2) is 7.51. The van der Waals surface area contributed by atoms with Crippen LogP contribution in [0.5, 0.6) is 0 Å². The molecule has 1 aliphatic carbocycles. The third-order valence-corrected chi connectivity index (χ3v) is 5.82. The molecule has 1 fully saturated rings. The molecule has 1 aliphatic rings. The van der Waals surface area contributed by atoms with Crippen molar-refractivity contribution in [1.82, 2.24) is 29.5 Å². The van der Waals surface area contributed by atoms with Crippen molar-refractivity contribution in [2.75, 3.05) is 17.7 Å². The van der Waals surface area contributed by atoms with Gasteiger partial charge in [0.2, 0.25) is 0 Å². The van der Waals surface area contributed by atoms with Crippen molar-refractivity contribution in [3.63, 3.8) is 0 Å². The van der Waals surface area contributed by atoms with E-state index < -0.39 is 0 Å². The maximum absolute atomic E-state index is 13.0. The van der Waals surface area contributed by atoms with Crippen LogP contribution in [-0.2, 0) is 0 Å². The summed E-state index contributed by atoms with van der Waals surface area (Å²) in [5.74, 6) is 0.846. The Kier molecular flexibility index (Phi) is 4.66. The number of nitrogens with one attached hydrogen (secondary N) is 3. The Morgan fingerprint density at radius 2 is 2.13 bits per heavy atom. The topological polar surface area (TPSA) is 118 Å². The lowest BCUT2D eigenvalue weighted by molar-refractivity contribution is 0.0952. The molecular weight excluding hydrogens is 416 g/mol. The number of anilines is 3. The Morgan fingerprint density at radius 1 is 1.29 bits per heavy atom. The van der Waals surface area contributed by atoms with Crippen LogP contribution in [0.4, 0.5) is 17.3 Å². The Balaban J connectivity index is 1.53. The standard InChI is InChI=1S/C20H20N8O2S/c1-11-9-22-20(31-11)27-7-3-4-14(19(27)30)25-15-8-16(21-2)28-17(26-15)13(10-23-28)18(29)24-12-5-6-12/h3-4,7-10,12,21H,5-6H2,1-2H3,(H,24,29)(H,25,26). The van der Waals surface area contributed by atoms with Crippen molar-refractivity contribution in [3.8, 4) is 5.13 Å². The second-order valence-corrected chi connectivity index (χ2v) is 8.51. The van der Waals surface area contributed by atoms with Gasteiger partial charge in [0.05, 0.1) is 6.20 Å². The number of carbonyl (C=O) groups is 1. The first-order chi connectivity index (χ1) is 15.0. The van der Waals surface area contributed by atoms with Crippen LogP contribution in [0.15, 0.2) is 41.6 Å². The third-order valence-electron chi connectivity index (χ3n) is 4.91. The number of hydrogen-bond acceptors (Lipinski definition) is 8. The molecule has 4 aromatic rings. The lowest BCUT2D eigenvalue weighted by atomic mass is 10.3. The summed E-state index contributed by atoms with van der Waals surface area (Å²) in [6, 6.07) is 5.41. The van der Waals surface area contributed by atoms with Crippen molar-refractivity contribution in [1.29, 1.82) is 0 Å². The zero-order chi connectivity index (χ0) is 21.5. The smallest absolute Gasteiger partial charge is 0.280 e. The van der Waals surface area contributed by atoms with E-state index in [4.69, 9.17) is 0 Å². The number of nitrogens with zero attached hydrogens (tertiary/aromatic N) is 5. The SMILES string of the molecule is CNc1cc(Nc2cccn(-c3ncc(C)s3)c2=O)nc2c(C(=O)NC3CC3)cnn12. The highest BCUT2D eigenvalue weighted by molar-refractivity contribution is 7.13. The summed E-state index contributed by atoms with van der Waals surface area (Å²) in [6.07, 6.45) is 6.90. The average molecular weight is 437 g/mol. The second-order valence-electron chi connectivity index (χ2n) is 7.29. The predicted molar refractivity (Wildman–Crippen MR) is 119 cm³/mol. The molecule has 31 heavy (non-hydrogen) atoms. The number of aryl methyl sites for hydroxylation is 1. The number of hydrogen-bond donors (Lipinski definition) is 3. The molecule has 158 valence electrons. The van der Waals surface area contributed by atoms with E-state index in [0.29, 0.717) is 33.7 Å². The Morgan fingerprint density at radius 3 is 2.84 bits per heavy atom. The largest absolute Gasteiger partial charge is 0.373 e. The van der Waals surface area contributed by atoms with Crippen LogP contribution in [0, 0.1) is 6.92 Å². The molecule has 1 amide bonds. The molecule has 0 aromatic carbocycles. The summed E-state index contributed by atoms with van der Waals surface area (Å²) in [5, 5.41) is 14.0. The lowest BCUT2D eigenvalue weighted by Gasteiger charge is -2.11. The molecule has 0 unspecified atom stereocenters. The van der Waals surface area contributed by atoms with Gasteiger partial charge in [-0.3, -0.25) is 14.2 Å². The third kappa shape index (κ3) is 3.63. The number of amides is 1. The number of rotatable bonds is 6. The van der Waals surface area contributed by atoms with Crippen molar-refractivity contribution >= 4 is 40.2 Å². The minimum atomic E-state index is -0.246. The Bertz CT molecular complexity index is 1350. The van der Waals surface area contributed by atoms with E-state index in [0.717, 1.165) is 17.7 Å². The summed E-state index contributed by atoms with van der Waals surface area (Å²) >= 11 is 1.44. The van der Waals surface area contributed by atoms with Crippen LogP contribution in [0.3, 0.4) is 0 Å². The van der Waals surface area contributed by atoms with E-state index in [9.17, 15) is 9.59 Å².